The molecule has 1 aromatic heterocycles. The molecule has 0 unspecified atom stereocenters. The van der Waals surface area contributed by atoms with Gasteiger partial charge in [-0.2, -0.15) is 0 Å². The molecule has 2 N–H and O–H groups in total. The third-order valence-corrected chi connectivity index (χ3v) is 5.39. The molecule has 1 aromatic carbocycles. The van der Waals surface area contributed by atoms with E-state index >= 15 is 0 Å². The van der Waals surface area contributed by atoms with Gasteiger partial charge in [0.15, 0.2) is 0 Å². The number of fused-ring (bicyclic) bond motifs is 1. The van der Waals surface area contributed by atoms with Crippen LogP contribution in [0.15, 0.2) is 59.3 Å². The Morgan fingerprint density at radius 3 is 2.64 bits per heavy atom. The van der Waals surface area contributed by atoms with Crippen molar-refractivity contribution in [2.45, 2.75) is 4.90 Å². The number of hydrogen-bond donors (Lipinski definition) is 2. The van der Waals surface area contributed by atoms with Crippen LogP contribution in [0.1, 0.15) is 5.56 Å². The molecule has 0 spiro atoms. The topological polar surface area (TPSA) is 82.5 Å². The maximum atomic E-state index is 12.5. The molecule has 1 aliphatic heterocycles. The SMILES string of the molecule is CN1C(CNc2ccccn2)=C(O)c2ccccc2S1(=O)=O. The minimum atomic E-state index is -3.65. The molecular formula is C15H15N3O3S. The molecule has 0 saturated heterocycles. The number of likely N-dealkylation sites (N-methyl/N-ethyl adjacent to an activating group) is 1. The number of sulfonamides is 1. The number of anilines is 1. The Balaban J connectivity index is 2.00. The second-order valence-corrected chi connectivity index (χ2v) is 6.77. The number of benzene rings is 1. The quantitative estimate of drug-likeness (QED) is 0.905. The van der Waals surface area contributed by atoms with Crippen molar-refractivity contribution >= 4 is 21.6 Å². The minimum Gasteiger partial charge on any atom is -0.505 e. The summed E-state index contributed by atoms with van der Waals surface area (Å²) in [5, 5.41) is 13.4. The Labute approximate surface area is 128 Å². The first-order chi connectivity index (χ1) is 10.5. The number of pyridine rings is 1. The lowest BCUT2D eigenvalue weighted by Crippen LogP contribution is -2.34. The fourth-order valence-electron chi connectivity index (χ4n) is 2.32. The summed E-state index contributed by atoms with van der Waals surface area (Å²) in [4.78, 5) is 4.22. The van der Waals surface area contributed by atoms with E-state index in [1.165, 1.54) is 13.1 Å². The number of aliphatic hydroxyl groups excluding tert-OH is 1. The molecular weight excluding hydrogens is 302 g/mol. The largest absolute Gasteiger partial charge is 0.505 e. The maximum Gasteiger partial charge on any atom is 0.264 e. The summed E-state index contributed by atoms with van der Waals surface area (Å²) in [5.41, 5.74) is 0.600. The van der Waals surface area contributed by atoms with Gasteiger partial charge in [-0.05, 0) is 24.3 Å². The van der Waals surface area contributed by atoms with Crippen LogP contribution in [0.2, 0.25) is 0 Å². The molecule has 0 amide bonds. The first kappa shape index (κ1) is 14.4. The Morgan fingerprint density at radius 2 is 1.91 bits per heavy atom. The summed E-state index contributed by atoms with van der Waals surface area (Å²) in [5.74, 6) is 0.559. The van der Waals surface area contributed by atoms with Gasteiger partial charge in [0.2, 0.25) is 0 Å². The molecule has 0 fully saturated rings. The number of aliphatic hydroxyl groups is 1. The fourth-order valence-corrected chi connectivity index (χ4v) is 3.75. The summed E-state index contributed by atoms with van der Waals surface area (Å²) in [6.45, 7) is 0.146. The van der Waals surface area contributed by atoms with Crippen LogP contribution in [-0.4, -0.2) is 36.4 Å². The van der Waals surface area contributed by atoms with Crippen LogP contribution in [0.3, 0.4) is 0 Å². The molecule has 0 aliphatic carbocycles. The van der Waals surface area contributed by atoms with E-state index in [0.717, 1.165) is 4.31 Å². The highest BCUT2D eigenvalue weighted by Crippen LogP contribution is 2.34. The van der Waals surface area contributed by atoms with Gasteiger partial charge in [-0.15, -0.1) is 0 Å². The smallest absolute Gasteiger partial charge is 0.264 e. The van der Waals surface area contributed by atoms with Crippen LogP contribution < -0.4 is 5.32 Å². The Morgan fingerprint density at radius 1 is 1.18 bits per heavy atom. The van der Waals surface area contributed by atoms with E-state index in [-0.39, 0.29) is 22.9 Å². The number of rotatable bonds is 3. The molecule has 2 aromatic rings. The Hall–Kier alpha value is -2.54. The third kappa shape index (κ3) is 2.29. The van der Waals surface area contributed by atoms with Crippen LogP contribution in [0, 0.1) is 0 Å². The van der Waals surface area contributed by atoms with Crippen molar-refractivity contribution in [2.75, 3.05) is 18.9 Å². The van der Waals surface area contributed by atoms with Crippen LogP contribution >= 0.6 is 0 Å². The van der Waals surface area contributed by atoms with Gasteiger partial charge in [-0.3, -0.25) is 4.31 Å². The summed E-state index contributed by atoms with van der Waals surface area (Å²) in [6, 6.07) is 11.8. The zero-order valence-corrected chi connectivity index (χ0v) is 12.7. The van der Waals surface area contributed by atoms with E-state index < -0.39 is 10.0 Å². The number of hydrogen-bond acceptors (Lipinski definition) is 5. The maximum absolute atomic E-state index is 12.5. The summed E-state index contributed by atoms with van der Waals surface area (Å²) < 4.78 is 26.1. The van der Waals surface area contributed by atoms with Crippen molar-refractivity contribution in [3.63, 3.8) is 0 Å². The van der Waals surface area contributed by atoms with Crippen molar-refractivity contribution in [3.8, 4) is 0 Å². The average molecular weight is 317 g/mol. The highest BCUT2D eigenvalue weighted by Gasteiger charge is 2.34. The van der Waals surface area contributed by atoms with Gasteiger partial charge >= 0.3 is 0 Å². The summed E-state index contributed by atoms with van der Waals surface area (Å²) >= 11 is 0. The van der Waals surface area contributed by atoms with Crippen molar-refractivity contribution in [2.24, 2.45) is 0 Å². The van der Waals surface area contributed by atoms with Gasteiger partial charge in [0, 0.05) is 18.8 Å². The van der Waals surface area contributed by atoms with Crippen LogP contribution in [0.25, 0.3) is 5.76 Å². The van der Waals surface area contributed by atoms with Crippen LogP contribution in [0.4, 0.5) is 5.82 Å². The van der Waals surface area contributed by atoms with E-state index in [1.807, 2.05) is 6.07 Å². The molecule has 1 aliphatic rings. The van der Waals surface area contributed by atoms with E-state index in [0.29, 0.717) is 11.4 Å². The number of nitrogens with zero attached hydrogens (tertiary/aromatic N) is 2. The molecule has 0 saturated carbocycles. The predicted octanol–water partition coefficient (Wildman–Crippen LogP) is 2.05. The highest BCUT2D eigenvalue weighted by molar-refractivity contribution is 7.89. The molecule has 0 atom stereocenters. The van der Waals surface area contributed by atoms with Gasteiger partial charge in [-0.25, -0.2) is 13.4 Å². The molecule has 22 heavy (non-hydrogen) atoms. The van der Waals surface area contributed by atoms with E-state index in [4.69, 9.17) is 0 Å². The van der Waals surface area contributed by atoms with Crippen molar-refractivity contribution < 1.29 is 13.5 Å². The zero-order valence-electron chi connectivity index (χ0n) is 11.9. The van der Waals surface area contributed by atoms with Crippen molar-refractivity contribution in [1.29, 1.82) is 0 Å². The van der Waals surface area contributed by atoms with E-state index in [9.17, 15) is 13.5 Å². The predicted molar refractivity (Wildman–Crippen MR) is 83.7 cm³/mol. The molecule has 6 nitrogen and oxygen atoms in total. The lowest BCUT2D eigenvalue weighted by Gasteiger charge is -2.29. The van der Waals surface area contributed by atoms with E-state index in [2.05, 4.69) is 10.3 Å². The first-order valence-corrected chi connectivity index (χ1v) is 8.11. The second-order valence-electron chi connectivity index (χ2n) is 4.83. The standard InChI is InChI=1S/C15H15N3O3S/c1-18-12(10-17-14-8-4-5-9-16-14)15(19)11-6-2-3-7-13(11)22(18,20)21/h2-9,19H,10H2,1H3,(H,16,17). The van der Waals surface area contributed by atoms with E-state index in [1.54, 1.807) is 36.5 Å². The summed E-state index contributed by atoms with van der Waals surface area (Å²) in [7, 11) is -2.22. The fraction of sp³-hybridized carbons (Fsp3) is 0.133. The zero-order chi connectivity index (χ0) is 15.7. The molecule has 0 bridgehead atoms. The molecule has 114 valence electrons. The molecule has 0 radical (unpaired) electrons. The third-order valence-electron chi connectivity index (χ3n) is 3.54. The van der Waals surface area contributed by atoms with Gasteiger partial charge in [0.25, 0.3) is 10.0 Å². The van der Waals surface area contributed by atoms with Crippen molar-refractivity contribution in [3.05, 3.63) is 59.9 Å². The van der Waals surface area contributed by atoms with Gasteiger partial charge in [0.05, 0.1) is 17.1 Å². The Bertz CT molecular complexity index is 832. The van der Waals surface area contributed by atoms with Gasteiger partial charge < -0.3 is 10.4 Å². The average Bonchev–Trinajstić information content (AvgIpc) is 2.54. The van der Waals surface area contributed by atoms with Gasteiger partial charge in [-0.1, -0.05) is 18.2 Å². The molecule has 2 heterocycles. The van der Waals surface area contributed by atoms with Crippen LogP contribution in [-0.2, 0) is 10.0 Å². The Kier molecular flexibility index (Phi) is 3.50. The molecule has 7 heteroatoms. The number of nitrogens with one attached hydrogen (secondary N) is 1. The minimum absolute atomic E-state index is 0.0450. The highest BCUT2D eigenvalue weighted by atomic mass is 32.2. The van der Waals surface area contributed by atoms with Gasteiger partial charge in [0.1, 0.15) is 11.6 Å². The second kappa shape index (κ2) is 5.34. The molecule has 3 rings (SSSR count). The lowest BCUT2D eigenvalue weighted by atomic mass is 10.1. The lowest BCUT2D eigenvalue weighted by molar-refractivity contribution is 0.459. The monoisotopic (exact) mass is 317 g/mol. The van der Waals surface area contributed by atoms with Crippen molar-refractivity contribution in [1.82, 2.24) is 9.29 Å². The first-order valence-electron chi connectivity index (χ1n) is 6.67. The number of aromatic nitrogens is 1. The normalized spacial score (nSPS) is 16.3. The van der Waals surface area contributed by atoms with Crippen LogP contribution in [0.5, 0.6) is 0 Å². The summed E-state index contributed by atoms with van der Waals surface area (Å²) in [6.07, 6.45) is 1.63.